The molecule has 11 nitrogen and oxygen atoms in total. The summed E-state index contributed by atoms with van der Waals surface area (Å²) in [5.74, 6) is -0.856. The van der Waals surface area contributed by atoms with E-state index in [-0.39, 0.29) is 17.9 Å². The fourth-order valence-corrected chi connectivity index (χ4v) is 8.45. The van der Waals surface area contributed by atoms with Gasteiger partial charge in [-0.3, -0.25) is 9.59 Å². The largest absolute Gasteiger partial charge is 0.619 e. The zero-order valence-corrected chi connectivity index (χ0v) is 22.2. The van der Waals surface area contributed by atoms with Crippen LogP contribution in [-0.4, -0.2) is 66.6 Å². The number of nitrogens with one attached hydrogen (secondary N) is 1. The van der Waals surface area contributed by atoms with Crippen LogP contribution in [0.15, 0.2) is 46.9 Å². The summed E-state index contributed by atoms with van der Waals surface area (Å²) >= 11 is 2.86. The fourth-order valence-electron chi connectivity index (χ4n) is 4.87. The molecule has 0 radical (unpaired) electrons. The van der Waals surface area contributed by atoms with E-state index in [1.165, 1.54) is 45.9 Å². The third-order valence-corrected chi connectivity index (χ3v) is 10.3. The summed E-state index contributed by atoms with van der Waals surface area (Å²) in [5.41, 5.74) is 0. The number of nitrogens with zero attached hydrogens (tertiary/aromatic N) is 3. The van der Waals surface area contributed by atoms with E-state index < -0.39 is 52.5 Å². The van der Waals surface area contributed by atoms with Gasteiger partial charge in [0, 0.05) is 28.1 Å². The van der Waals surface area contributed by atoms with Crippen molar-refractivity contribution in [2.45, 2.75) is 49.2 Å². The predicted octanol–water partition coefficient (Wildman–Crippen LogP) is 2.10. The third-order valence-electron chi connectivity index (χ3n) is 6.49. The normalized spacial score (nSPS) is 20.8. The number of amides is 2. The quantitative estimate of drug-likeness (QED) is 0.342. The Kier molecular flexibility index (Phi) is 6.91. The van der Waals surface area contributed by atoms with Crippen molar-refractivity contribution in [2.75, 3.05) is 13.1 Å². The lowest BCUT2D eigenvalue weighted by Crippen LogP contribution is -2.53. The van der Waals surface area contributed by atoms with Gasteiger partial charge in [-0.25, -0.2) is 13.2 Å². The minimum atomic E-state index is -4.12. The number of rotatable bonds is 7. The molecule has 3 aromatic heterocycles. The van der Waals surface area contributed by atoms with E-state index in [1.54, 1.807) is 6.07 Å². The zero-order valence-electron chi connectivity index (χ0n) is 19.7. The third kappa shape index (κ3) is 4.81. The van der Waals surface area contributed by atoms with Crippen LogP contribution >= 0.6 is 22.7 Å². The number of ketones is 1. The molecule has 0 bridgehead atoms. The van der Waals surface area contributed by atoms with Gasteiger partial charge in [0.15, 0.2) is 23.2 Å². The SMILES string of the molecule is CCCC(NC(=O)Oc1cc2sccc2s1)C(=O)N1CCC2C1C(=O)CN2S(=O)(=O)c1ccc[n+]([O-])c1. The summed E-state index contributed by atoms with van der Waals surface area (Å²) in [6, 6.07) is 3.69. The molecule has 2 amide bonds. The van der Waals surface area contributed by atoms with Gasteiger partial charge in [0.2, 0.25) is 15.9 Å². The molecule has 5 heterocycles. The van der Waals surface area contributed by atoms with E-state index in [0.717, 1.165) is 19.9 Å². The van der Waals surface area contributed by atoms with Crippen molar-refractivity contribution < 1.29 is 32.3 Å². The molecular formula is C23H24N4O7S3. The van der Waals surface area contributed by atoms with Crippen molar-refractivity contribution >= 4 is 59.9 Å². The molecule has 2 fully saturated rings. The van der Waals surface area contributed by atoms with Gasteiger partial charge in [0.05, 0.1) is 12.6 Å². The summed E-state index contributed by atoms with van der Waals surface area (Å²) in [6.45, 7) is 1.64. The first-order chi connectivity index (χ1) is 17.7. The van der Waals surface area contributed by atoms with Gasteiger partial charge in [0.1, 0.15) is 17.0 Å². The second-order valence-corrected chi connectivity index (χ2v) is 12.7. The van der Waals surface area contributed by atoms with Gasteiger partial charge in [0.25, 0.3) is 0 Å². The van der Waals surface area contributed by atoms with E-state index in [1.807, 2.05) is 18.4 Å². The molecule has 2 aliphatic rings. The van der Waals surface area contributed by atoms with Gasteiger partial charge in [-0.05, 0) is 30.4 Å². The Morgan fingerprint density at radius 3 is 2.86 bits per heavy atom. The highest BCUT2D eigenvalue weighted by Gasteiger charge is 2.54. The number of hydrogen-bond acceptors (Lipinski definition) is 9. The van der Waals surface area contributed by atoms with Crippen LogP contribution in [0.3, 0.4) is 0 Å². The summed E-state index contributed by atoms with van der Waals surface area (Å²) in [7, 11) is -4.12. The number of Topliss-reactive ketones (excluding diaryl/α,β-unsaturated/α-hetero) is 1. The highest BCUT2D eigenvalue weighted by atomic mass is 32.2. The van der Waals surface area contributed by atoms with Gasteiger partial charge >= 0.3 is 6.09 Å². The maximum atomic E-state index is 13.5. The van der Waals surface area contributed by atoms with Crippen LogP contribution in [0.25, 0.3) is 9.40 Å². The minimum absolute atomic E-state index is 0.167. The molecule has 1 N–H and O–H groups in total. The molecule has 2 aliphatic heterocycles. The Balaban J connectivity index is 1.30. The molecule has 3 unspecified atom stereocenters. The first-order valence-electron chi connectivity index (χ1n) is 11.7. The Morgan fingerprint density at radius 2 is 2.14 bits per heavy atom. The van der Waals surface area contributed by atoms with E-state index >= 15 is 0 Å². The van der Waals surface area contributed by atoms with E-state index in [9.17, 15) is 28.0 Å². The second kappa shape index (κ2) is 10.0. The number of carbonyl (C=O) groups excluding carboxylic acids is 3. The Hall–Kier alpha value is -3.07. The molecular weight excluding hydrogens is 540 g/mol. The van der Waals surface area contributed by atoms with E-state index in [0.29, 0.717) is 22.6 Å². The van der Waals surface area contributed by atoms with Crippen LogP contribution in [0.2, 0.25) is 0 Å². The number of pyridine rings is 1. The zero-order chi connectivity index (χ0) is 26.3. The van der Waals surface area contributed by atoms with E-state index in [4.69, 9.17) is 4.74 Å². The Labute approximate surface area is 220 Å². The average molecular weight is 565 g/mol. The lowest BCUT2D eigenvalue weighted by Gasteiger charge is -2.28. The summed E-state index contributed by atoms with van der Waals surface area (Å²) in [6.07, 6.45) is 2.51. The minimum Gasteiger partial charge on any atom is -0.619 e. The predicted molar refractivity (Wildman–Crippen MR) is 136 cm³/mol. The molecule has 0 aromatic carbocycles. The number of aromatic nitrogens is 1. The summed E-state index contributed by atoms with van der Waals surface area (Å²) in [5, 5.41) is 16.6. The van der Waals surface area contributed by atoms with Crippen molar-refractivity contribution in [1.82, 2.24) is 14.5 Å². The van der Waals surface area contributed by atoms with E-state index in [2.05, 4.69) is 5.32 Å². The highest BCUT2D eigenvalue weighted by molar-refractivity contribution is 7.89. The average Bonchev–Trinajstić information content (AvgIpc) is 3.61. The monoisotopic (exact) mass is 564 g/mol. The van der Waals surface area contributed by atoms with Crippen LogP contribution in [0.4, 0.5) is 4.79 Å². The number of sulfonamides is 1. The topological polar surface area (TPSA) is 140 Å². The van der Waals surface area contributed by atoms with Crippen molar-refractivity contribution in [3.63, 3.8) is 0 Å². The summed E-state index contributed by atoms with van der Waals surface area (Å²) in [4.78, 5) is 40.2. The number of fused-ring (bicyclic) bond motifs is 2. The fraction of sp³-hybridized carbons (Fsp3) is 0.391. The Bertz CT molecular complexity index is 1440. The smallest absolute Gasteiger partial charge is 0.414 e. The first-order valence-corrected chi connectivity index (χ1v) is 14.8. The number of ether oxygens (including phenoxy) is 1. The van der Waals surface area contributed by atoms with Crippen molar-refractivity contribution in [3.05, 3.63) is 47.2 Å². The molecule has 2 saturated heterocycles. The molecule has 3 aromatic rings. The first kappa shape index (κ1) is 25.6. The molecule has 0 saturated carbocycles. The van der Waals surface area contributed by atoms with Crippen molar-refractivity contribution in [2.24, 2.45) is 0 Å². The lowest BCUT2D eigenvalue weighted by atomic mass is 10.1. The van der Waals surface area contributed by atoms with Gasteiger partial charge < -0.3 is 20.2 Å². The summed E-state index contributed by atoms with van der Waals surface area (Å²) < 4.78 is 35.2. The van der Waals surface area contributed by atoms with Crippen molar-refractivity contribution in [3.8, 4) is 5.06 Å². The van der Waals surface area contributed by atoms with Gasteiger partial charge in [-0.15, -0.1) is 11.3 Å². The van der Waals surface area contributed by atoms with Crippen LogP contribution in [0.1, 0.15) is 26.2 Å². The standard InChI is InChI=1S/C23H24N4O7S3/c1-2-4-15(24-23(30)34-20-11-19-18(36-20)7-10-35-19)22(29)26-9-6-16-21(26)17(28)13-27(16)37(32,33)14-5-3-8-25(31)12-14/h3,5,7-8,10-12,15-16,21H,2,4,6,9,13H2,1H3,(H,24,30). The maximum absolute atomic E-state index is 13.5. The molecule has 5 rings (SSSR count). The molecule has 37 heavy (non-hydrogen) atoms. The van der Waals surface area contributed by atoms with Crippen molar-refractivity contribution in [1.29, 1.82) is 0 Å². The van der Waals surface area contributed by atoms with Crippen LogP contribution in [0.5, 0.6) is 5.06 Å². The van der Waals surface area contributed by atoms with Gasteiger partial charge in [-0.1, -0.05) is 24.7 Å². The van der Waals surface area contributed by atoms with Crippen LogP contribution in [0, 0.1) is 5.21 Å². The lowest BCUT2D eigenvalue weighted by molar-refractivity contribution is -0.607. The van der Waals surface area contributed by atoms with Crippen LogP contribution in [-0.2, 0) is 19.6 Å². The molecule has 0 spiro atoms. The number of carbonyl (C=O) groups is 3. The molecule has 3 atom stereocenters. The molecule has 196 valence electrons. The van der Waals surface area contributed by atoms with Gasteiger partial charge in [-0.2, -0.15) is 9.04 Å². The maximum Gasteiger partial charge on any atom is 0.414 e. The second-order valence-electron chi connectivity index (χ2n) is 8.84. The van der Waals surface area contributed by atoms with Crippen LogP contribution < -0.4 is 14.8 Å². The molecule has 14 heteroatoms. The molecule has 0 aliphatic carbocycles. The number of hydrogen-bond donors (Lipinski definition) is 1. The number of likely N-dealkylation sites (tertiary alicyclic amines) is 1. The highest BCUT2D eigenvalue weighted by Crippen LogP contribution is 2.36. The Morgan fingerprint density at radius 1 is 1.32 bits per heavy atom. The number of thiophene rings is 2.